The summed E-state index contributed by atoms with van der Waals surface area (Å²) >= 11 is 0. The zero-order chi connectivity index (χ0) is 8.10. The molecule has 0 atom stereocenters. The van der Waals surface area contributed by atoms with Gasteiger partial charge in [-0.1, -0.05) is 6.92 Å². The van der Waals surface area contributed by atoms with Gasteiger partial charge in [0.25, 0.3) is 0 Å². The molecule has 0 saturated heterocycles. The molecule has 0 aliphatic rings. The van der Waals surface area contributed by atoms with E-state index in [1.54, 1.807) is 6.20 Å². The van der Waals surface area contributed by atoms with E-state index in [0.717, 1.165) is 24.5 Å². The number of aromatic nitrogens is 1. The number of hydrogen-bond acceptors (Lipinski definition) is 2. The van der Waals surface area contributed by atoms with Crippen LogP contribution < -0.4 is 4.74 Å². The summed E-state index contributed by atoms with van der Waals surface area (Å²) in [6.45, 7) is 4.76. The highest BCUT2D eigenvalue weighted by molar-refractivity contribution is 5.24. The van der Waals surface area contributed by atoms with Crippen molar-refractivity contribution < 1.29 is 4.74 Å². The summed E-state index contributed by atoms with van der Waals surface area (Å²) in [7, 11) is 0. The minimum Gasteiger partial charge on any atom is -0.492 e. The lowest BCUT2D eigenvalue weighted by molar-refractivity contribution is 0.313. The number of hydrogen-bond donors (Lipinski definition) is 0. The average molecular weight is 150 g/mol. The van der Waals surface area contributed by atoms with Crippen molar-refractivity contribution in [1.82, 2.24) is 4.98 Å². The molecule has 0 aliphatic carbocycles. The van der Waals surface area contributed by atoms with Crippen LogP contribution in [0.25, 0.3) is 0 Å². The van der Waals surface area contributed by atoms with Crippen LogP contribution in [-0.2, 0) is 0 Å². The van der Waals surface area contributed by atoms with E-state index in [-0.39, 0.29) is 0 Å². The number of pyridine rings is 1. The minimum absolute atomic E-state index is 0.750. The monoisotopic (exact) mass is 150 g/mol. The van der Waals surface area contributed by atoms with E-state index in [1.165, 1.54) is 0 Å². The van der Waals surface area contributed by atoms with E-state index >= 15 is 0 Å². The van der Waals surface area contributed by atoms with Gasteiger partial charge in [-0.3, -0.25) is 4.98 Å². The average Bonchev–Trinajstić information content (AvgIpc) is 2.03. The molecule has 0 unspecified atom stereocenters. The zero-order valence-electron chi connectivity index (χ0n) is 6.92. The van der Waals surface area contributed by atoms with Crippen molar-refractivity contribution in [1.29, 1.82) is 0 Å². The zero-order valence-corrected chi connectivity index (χ0v) is 6.92. The van der Waals surface area contributed by atoms with Gasteiger partial charge in [-0.2, -0.15) is 0 Å². The van der Waals surface area contributed by atoms with Crippen molar-refractivity contribution in [2.24, 2.45) is 0 Å². The summed E-state index contributed by atoms with van der Waals surface area (Å²) in [6.07, 6.45) is 2.67. The summed E-state index contributed by atoms with van der Waals surface area (Å²) in [5.41, 5.74) is 0.928. The predicted molar refractivity (Wildman–Crippen MR) is 43.6 cm³/mol. The Balaban J connectivity index is 2.62. The fraction of sp³-hybridized carbons (Fsp3) is 0.444. The molecule has 59 valence electrons. The summed E-state index contributed by atoms with van der Waals surface area (Å²) in [6, 6.07) is 4.69. The van der Waals surface area contributed by atoms with Crippen molar-refractivity contribution in [3.63, 3.8) is 0 Å². The molecular weight excluding hydrogens is 138 g/mol. The maximum Gasteiger partial charge on any atom is 0.141 e. The topological polar surface area (TPSA) is 22.1 Å². The van der Waals surface area contributed by atoms with E-state index in [4.69, 9.17) is 4.74 Å². The Morgan fingerprint density at radius 2 is 2.45 bits per heavy atom. The van der Waals surface area contributed by atoms with E-state index in [1.807, 2.05) is 13.0 Å². The van der Waals surface area contributed by atoms with E-state index in [0.29, 0.717) is 0 Å². The molecule has 1 aromatic rings. The number of rotatable bonds is 3. The molecular formula is C9H12NO. The summed E-state index contributed by atoms with van der Waals surface area (Å²) < 4.78 is 5.39. The molecule has 2 heteroatoms. The summed E-state index contributed by atoms with van der Waals surface area (Å²) in [4.78, 5) is 4.05. The summed E-state index contributed by atoms with van der Waals surface area (Å²) in [5.74, 6) is 0.842. The SMILES string of the molecule is CCCOc1c[c]cnc1C. The second kappa shape index (κ2) is 3.96. The first-order chi connectivity index (χ1) is 5.34. The van der Waals surface area contributed by atoms with Crippen molar-refractivity contribution in [3.8, 4) is 5.75 Å². The maximum atomic E-state index is 5.39. The molecule has 1 aromatic heterocycles. The molecule has 0 aliphatic heterocycles. The summed E-state index contributed by atoms with van der Waals surface area (Å²) in [5, 5.41) is 0. The van der Waals surface area contributed by atoms with Crippen molar-refractivity contribution in [2.75, 3.05) is 6.61 Å². The maximum absolute atomic E-state index is 5.39. The highest BCUT2D eigenvalue weighted by Crippen LogP contribution is 2.12. The van der Waals surface area contributed by atoms with E-state index < -0.39 is 0 Å². The molecule has 0 fully saturated rings. The van der Waals surface area contributed by atoms with Crippen LogP contribution in [0.3, 0.4) is 0 Å². The first kappa shape index (κ1) is 8.05. The molecule has 0 amide bonds. The van der Waals surface area contributed by atoms with Crippen LogP contribution in [0, 0.1) is 13.0 Å². The van der Waals surface area contributed by atoms with Gasteiger partial charge in [-0.25, -0.2) is 0 Å². The molecule has 0 N–H and O–H groups in total. The third-order valence-corrected chi connectivity index (χ3v) is 1.37. The Morgan fingerprint density at radius 3 is 3.09 bits per heavy atom. The van der Waals surface area contributed by atoms with Gasteiger partial charge in [0.05, 0.1) is 12.3 Å². The third kappa shape index (κ3) is 2.22. The van der Waals surface area contributed by atoms with Crippen LogP contribution in [0.15, 0.2) is 12.3 Å². The Bertz CT molecular complexity index is 223. The minimum atomic E-state index is 0.750. The normalized spacial score (nSPS) is 9.64. The van der Waals surface area contributed by atoms with Gasteiger partial charge in [0.1, 0.15) is 5.75 Å². The van der Waals surface area contributed by atoms with Crippen LogP contribution in [0.1, 0.15) is 19.0 Å². The molecule has 0 bridgehead atoms. The molecule has 0 saturated carbocycles. The van der Waals surface area contributed by atoms with Gasteiger partial charge < -0.3 is 4.74 Å². The Hall–Kier alpha value is -1.05. The number of ether oxygens (including phenoxy) is 1. The van der Waals surface area contributed by atoms with Crippen LogP contribution >= 0.6 is 0 Å². The van der Waals surface area contributed by atoms with Gasteiger partial charge in [0.2, 0.25) is 0 Å². The fourth-order valence-electron chi connectivity index (χ4n) is 0.773. The van der Waals surface area contributed by atoms with Gasteiger partial charge >= 0.3 is 0 Å². The molecule has 1 heterocycles. The second-order valence-electron chi connectivity index (χ2n) is 2.37. The van der Waals surface area contributed by atoms with Gasteiger partial charge in [-0.05, 0) is 19.4 Å². The van der Waals surface area contributed by atoms with Gasteiger partial charge in [-0.15, -0.1) is 0 Å². The first-order valence-electron chi connectivity index (χ1n) is 3.80. The van der Waals surface area contributed by atoms with Crippen molar-refractivity contribution in [2.45, 2.75) is 20.3 Å². The second-order valence-corrected chi connectivity index (χ2v) is 2.37. The van der Waals surface area contributed by atoms with Crippen LogP contribution in [0.5, 0.6) is 5.75 Å². The lowest BCUT2D eigenvalue weighted by atomic mass is 10.3. The largest absolute Gasteiger partial charge is 0.492 e. The molecule has 2 nitrogen and oxygen atoms in total. The smallest absolute Gasteiger partial charge is 0.141 e. The number of nitrogens with zero attached hydrogens (tertiary/aromatic N) is 1. The van der Waals surface area contributed by atoms with Crippen molar-refractivity contribution in [3.05, 3.63) is 24.0 Å². The molecule has 0 aromatic carbocycles. The lowest BCUT2D eigenvalue weighted by Crippen LogP contribution is -1.97. The third-order valence-electron chi connectivity index (χ3n) is 1.37. The van der Waals surface area contributed by atoms with Crippen molar-refractivity contribution >= 4 is 0 Å². The van der Waals surface area contributed by atoms with Crippen LogP contribution in [-0.4, -0.2) is 11.6 Å². The molecule has 11 heavy (non-hydrogen) atoms. The quantitative estimate of drug-likeness (QED) is 0.657. The van der Waals surface area contributed by atoms with Gasteiger partial charge in [0, 0.05) is 12.3 Å². The Morgan fingerprint density at radius 1 is 1.64 bits per heavy atom. The highest BCUT2D eigenvalue weighted by Gasteiger charge is 1.96. The Kier molecular flexibility index (Phi) is 2.90. The lowest BCUT2D eigenvalue weighted by Gasteiger charge is -2.05. The van der Waals surface area contributed by atoms with Crippen LogP contribution in [0.2, 0.25) is 0 Å². The fourth-order valence-corrected chi connectivity index (χ4v) is 0.773. The number of aryl methyl sites for hydroxylation is 1. The molecule has 1 radical (unpaired) electrons. The first-order valence-corrected chi connectivity index (χ1v) is 3.80. The standard InChI is InChI=1S/C9H12NO/c1-3-7-11-9-5-4-6-10-8(9)2/h5-6H,3,7H2,1-2H3. The van der Waals surface area contributed by atoms with E-state index in [9.17, 15) is 0 Å². The Labute approximate surface area is 67.2 Å². The highest BCUT2D eigenvalue weighted by atomic mass is 16.5. The van der Waals surface area contributed by atoms with Gasteiger partial charge in [0.15, 0.2) is 0 Å². The molecule has 1 rings (SSSR count). The predicted octanol–water partition coefficient (Wildman–Crippen LogP) is 1.98. The van der Waals surface area contributed by atoms with Crippen LogP contribution in [0.4, 0.5) is 0 Å². The molecule has 0 spiro atoms. The van der Waals surface area contributed by atoms with E-state index in [2.05, 4.69) is 18.0 Å².